The third-order valence-electron chi connectivity index (χ3n) is 2.90. The van der Waals surface area contributed by atoms with Crippen molar-refractivity contribution in [2.75, 3.05) is 5.32 Å². The predicted octanol–water partition coefficient (Wildman–Crippen LogP) is 2.96. The van der Waals surface area contributed by atoms with Crippen molar-refractivity contribution >= 4 is 11.8 Å². The van der Waals surface area contributed by atoms with Crippen LogP contribution in [0.25, 0.3) is 0 Å². The first-order chi connectivity index (χ1) is 8.91. The number of carboxylic acids is 1. The van der Waals surface area contributed by atoms with Gasteiger partial charge in [0.25, 0.3) is 0 Å². The number of rotatable bonds is 3. The Morgan fingerprint density at radius 3 is 2.10 bits per heavy atom. The van der Waals surface area contributed by atoms with Crippen molar-refractivity contribution in [3.63, 3.8) is 0 Å². The number of aromatic nitrogens is 2. The first-order valence-electron chi connectivity index (χ1n) is 6.80. The SMILES string of the molecule is C[C@H](Nc1cc(C(C)(C)C)nc(C(C)(C)C)n1)C(=O)O. The van der Waals surface area contributed by atoms with Crippen LogP contribution < -0.4 is 5.32 Å². The van der Waals surface area contributed by atoms with E-state index in [1.165, 1.54) is 0 Å². The quantitative estimate of drug-likeness (QED) is 0.889. The van der Waals surface area contributed by atoms with Gasteiger partial charge in [0, 0.05) is 16.9 Å². The molecule has 5 nitrogen and oxygen atoms in total. The van der Waals surface area contributed by atoms with Crippen LogP contribution in [0.2, 0.25) is 0 Å². The van der Waals surface area contributed by atoms with E-state index in [0.29, 0.717) is 11.6 Å². The average Bonchev–Trinajstić information content (AvgIpc) is 2.26. The minimum Gasteiger partial charge on any atom is -0.480 e. The van der Waals surface area contributed by atoms with Gasteiger partial charge in [-0.1, -0.05) is 41.5 Å². The molecule has 0 aliphatic heterocycles. The molecule has 0 spiro atoms. The van der Waals surface area contributed by atoms with Crippen LogP contribution in [-0.2, 0) is 15.6 Å². The third kappa shape index (κ3) is 4.18. The fourth-order valence-corrected chi connectivity index (χ4v) is 1.52. The number of carbonyl (C=O) groups is 1. The molecule has 0 saturated heterocycles. The second-order valence-electron chi connectivity index (χ2n) is 7.17. The minimum absolute atomic E-state index is 0.119. The molecule has 0 amide bonds. The Morgan fingerprint density at radius 1 is 1.15 bits per heavy atom. The lowest BCUT2D eigenvalue weighted by Crippen LogP contribution is -2.28. The summed E-state index contributed by atoms with van der Waals surface area (Å²) in [6.45, 7) is 13.9. The second kappa shape index (κ2) is 5.38. The molecule has 112 valence electrons. The summed E-state index contributed by atoms with van der Waals surface area (Å²) in [6, 6.07) is 1.14. The molecule has 2 N–H and O–H groups in total. The van der Waals surface area contributed by atoms with Crippen molar-refractivity contribution in [2.24, 2.45) is 0 Å². The van der Waals surface area contributed by atoms with E-state index in [1.54, 1.807) is 6.92 Å². The van der Waals surface area contributed by atoms with E-state index < -0.39 is 12.0 Å². The molecule has 0 saturated carbocycles. The summed E-state index contributed by atoms with van der Waals surface area (Å²) in [6.07, 6.45) is 0. The summed E-state index contributed by atoms with van der Waals surface area (Å²) in [4.78, 5) is 20.0. The predicted molar refractivity (Wildman–Crippen MR) is 80.2 cm³/mol. The molecule has 0 unspecified atom stereocenters. The molecule has 0 radical (unpaired) electrons. The molecule has 0 aliphatic rings. The molecule has 1 atom stereocenters. The van der Waals surface area contributed by atoms with Gasteiger partial charge in [-0.3, -0.25) is 4.79 Å². The van der Waals surface area contributed by atoms with Gasteiger partial charge in [-0.2, -0.15) is 0 Å². The van der Waals surface area contributed by atoms with E-state index in [-0.39, 0.29) is 10.8 Å². The first kappa shape index (κ1) is 16.4. The molecule has 20 heavy (non-hydrogen) atoms. The van der Waals surface area contributed by atoms with Crippen molar-refractivity contribution in [1.29, 1.82) is 0 Å². The van der Waals surface area contributed by atoms with E-state index in [2.05, 4.69) is 36.1 Å². The van der Waals surface area contributed by atoms with Crippen molar-refractivity contribution in [3.8, 4) is 0 Å². The number of hydrogen-bond acceptors (Lipinski definition) is 4. The summed E-state index contributed by atoms with van der Waals surface area (Å²) < 4.78 is 0. The van der Waals surface area contributed by atoms with Crippen LogP contribution in [0.1, 0.15) is 60.0 Å². The highest BCUT2D eigenvalue weighted by Gasteiger charge is 2.24. The standard InChI is InChI=1S/C15H25N3O2/c1-9(12(19)20)16-11-8-10(14(2,3)4)17-13(18-11)15(5,6)7/h8-9H,1-7H3,(H,19,20)(H,16,17,18)/t9-/m0/s1. The highest BCUT2D eigenvalue weighted by atomic mass is 16.4. The molecule has 0 bridgehead atoms. The summed E-state index contributed by atoms with van der Waals surface area (Å²) in [7, 11) is 0. The Bertz CT molecular complexity index is 467. The minimum atomic E-state index is -0.904. The Balaban J connectivity index is 3.28. The normalized spacial score (nSPS) is 13.9. The Kier molecular flexibility index (Phi) is 4.42. The maximum Gasteiger partial charge on any atom is 0.325 e. The summed E-state index contributed by atoms with van der Waals surface area (Å²) in [5.74, 6) is 0.369. The number of carboxylic acid groups (broad SMARTS) is 1. The number of nitrogens with zero attached hydrogens (tertiary/aromatic N) is 2. The second-order valence-corrected chi connectivity index (χ2v) is 7.17. The highest BCUT2D eigenvalue weighted by Crippen LogP contribution is 2.26. The molecule has 1 aromatic heterocycles. The molecule has 5 heteroatoms. The molecular weight excluding hydrogens is 254 g/mol. The first-order valence-corrected chi connectivity index (χ1v) is 6.80. The van der Waals surface area contributed by atoms with E-state index in [4.69, 9.17) is 5.11 Å². The Labute approximate surface area is 120 Å². The van der Waals surface area contributed by atoms with Gasteiger partial charge in [-0.05, 0) is 6.92 Å². The zero-order valence-electron chi connectivity index (χ0n) is 13.4. The van der Waals surface area contributed by atoms with Gasteiger partial charge in [0.1, 0.15) is 17.7 Å². The van der Waals surface area contributed by atoms with Gasteiger partial charge in [0.15, 0.2) is 0 Å². The molecule has 0 aromatic carbocycles. The molecule has 1 rings (SSSR count). The smallest absolute Gasteiger partial charge is 0.325 e. The van der Waals surface area contributed by atoms with Gasteiger partial charge in [0.05, 0.1) is 5.69 Å². The Morgan fingerprint density at radius 2 is 1.70 bits per heavy atom. The molecule has 1 aromatic rings. The molecular formula is C15H25N3O2. The molecule has 1 heterocycles. The van der Waals surface area contributed by atoms with Crippen LogP contribution in [-0.4, -0.2) is 27.1 Å². The van der Waals surface area contributed by atoms with Gasteiger partial charge in [-0.15, -0.1) is 0 Å². The average molecular weight is 279 g/mol. The third-order valence-corrected chi connectivity index (χ3v) is 2.90. The number of hydrogen-bond donors (Lipinski definition) is 2. The van der Waals surface area contributed by atoms with Gasteiger partial charge in [0.2, 0.25) is 0 Å². The number of nitrogens with one attached hydrogen (secondary N) is 1. The van der Waals surface area contributed by atoms with Crippen molar-refractivity contribution < 1.29 is 9.90 Å². The van der Waals surface area contributed by atoms with Crippen molar-refractivity contribution in [3.05, 3.63) is 17.6 Å². The fourth-order valence-electron chi connectivity index (χ4n) is 1.52. The summed E-state index contributed by atoms with van der Waals surface area (Å²) >= 11 is 0. The zero-order chi connectivity index (χ0) is 15.7. The topological polar surface area (TPSA) is 75.1 Å². The largest absolute Gasteiger partial charge is 0.480 e. The maximum atomic E-state index is 11.0. The van der Waals surface area contributed by atoms with Crippen LogP contribution in [0, 0.1) is 0 Å². The Hall–Kier alpha value is -1.65. The van der Waals surface area contributed by atoms with E-state index in [1.807, 2.05) is 26.8 Å². The highest BCUT2D eigenvalue weighted by molar-refractivity contribution is 5.76. The summed E-state index contributed by atoms with van der Waals surface area (Å²) in [5.41, 5.74) is 0.591. The van der Waals surface area contributed by atoms with Crippen molar-refractivity contribution in [2.45, 2.75) is 65.3 Å². The van der Waals surface area contributed by atoms with Gasteiger partial charge < -0.3 is 10.4 Å². The summed E-state index contributed by atoms with van der Waals surface area (Å²) in [5, 5.41) is 11.9. The number of anilines is 1. The van der Waals surface area contributed by atoms with Crippen LogP contribution in [0.15, 0.2) is 6.07 Å². The lowest BCUT2D eigenvalue weighted by atomic mass is 9.90. The van der Waals surface area contributed by atoms with Crippen molar-refractivity contribution in [1.82, 2.24) is 9.97 Å². The van der Waals surface area contributed by atoms with Gasteiger partial charge in [-0.25, -0.2) is 9.97 Å². The monoisotopic (exact) mass is 279 g/mol. The van der Waals surface area contributed by atoms with E-state index in [0.717, 1.165) is 5.69 Å². The van der Waals surface area contributed by atoms with Crippen LogP contribution in [0.4, 0.5) is 5.82 Å². The van der Waals surface area contributed by atoms with Gasteiger partial charge >= 0.3 is 5.97 Å². The zero-order valence-corrected chi connectivity index (χ0v) is 13.4. The van der Waals surface area contributed by atoms with Crippen LogP contribution >= 0.6 is 0 Å². The maximum absolute atomic E-state index is 11.0. The van der Waals surface area contributed by atoms with Crippen LogP contribution in [0.3, 0.4) is 0 Å². The number of aliphatic carboxylic acids is 1. The lowest BCUT2D eigenvalue weighted by molar-refractivity contribution is -0.137. The van der Waals surface area contributed by atoms with E-state index >= 15 is 0 Å². The van der Waals surface area contributed by atoms with Crippen LogP contribution in [0.5, 0.6) is 0 Å². The lowest BCUT2D eigenvalue weighted by Gasteiger charge is -2.24. The van der Waals surface area contributed by atoms with E-state index in [9.17, 15) is 4.79 Å². The molecule has 0 aliphatic carbocycles. The molecule has 0 fully saturated rings. The fraction of sp³-hybridized carbons (Fsp3) is 0.667.